The van der Waals surface area contributed by atoms with Gasteiger partial charge in [0.05, 0.1) is 18.0 Å². The van der Waals surface area contributed by atoms with Gasteiger partial charge in [-0.05, 0) is 51.7 Å². The molecule has 0 spiro atoms. The Morgan fingerprint density at radius 1 is 1.14 bits per heavy atom. The molecular formula is C20H24F2N6O. The van der Waals surface area contributed by atoms with E-state index < -0.39 is 11.6 Å². The number of fused-ring (bicyclic) bond motifs is 1. The van der Waals surface area contributed by atoms with E-state index in [4.69, 9.17) is 0 Å². The van der Waals surface area contributed by atoms with Gasteiger partial charge in [0.15, 0.2) is 5.65 Å². The molecule has 9 heteroatoms. The quantitative estimate of drug-likeness (QED) is 0.594. The predicted molar refractivity (Wildman–Crippen MR) is 107 cm³/mol. The molecule has 1 saturated carbocycles. The Hall–Kier alpha value is -2.81. The summed E-state index contributed by atoms with van der Waals surface area (Å²) < 4.78 is 29.1. The summed E-state index contributed by atoms with van der Waals surface area (Å²) in [5.41, 5.74) is 1.34. The second-order valence-corrected chi connectivity index (χ2v) is 7.70. The molecule has 1 fully saturated rings. The number of benzene rings is 1. The number of nitrogens with zero attached hydrogens (tertiary/aromatic N) is 4. The van der Waals surface area contributed by atoms with E-state index in [1.54, 1.807) is 6.20 Å². The van der Waals surface area contributed by atoms with Crippen LogP contribution in [0.25, 0.3) is 11.2 Å². The predicted octanol–water partition coefficient (Wildman–Crippen LogP) is 4.14. The van der Waals surface area contributed by atoms with Crippen LogP contribution in [0.15, 0.2) is 24.4 Å². The number of hydrogen-bond donors (Lipinski definition) is 3. The summed E-state index contributed by atoms with van der Waals surface area (Å²) in [4.78, 5) is 13.5. The van der Waals surface area contributed by atoms with Crippen LogP contribution in [0.1, 0.15) is 45.6 Å². The van der Waals surface area contributed by atoms with Crippen molar-refractivity contribution in [2.75, 3.05) is 10.6 Å². The maximum absolute atomic E-state index is 14.1. The van der Waals surface area contributed by atoms with Crippen LogP contribution < -0.4 is 10.6 Å². The molecule has 7 nitrogen and oxygen atoms in total. The van der Waals surface area contributed by atoms with Gasteiger partial charge in [-0.3, -0.25) is 4.57 Å². The van der Waals surface area contributed by atoms with Crippen molar-refractivity contribution < 1.29 is 13.9 Å². The Bertz CT molecular complexity index is 1010. The largest absolute Gasteiger partial charge is 0.393 e. The van der Waals surface area contributed by atoms with Gasteiger partial charge >= 0.3 is 0 Å². The number of hydrogen-bond acceptors (Lipinski definition) is 6. The first kappa shape index (κ1) is 19.5. The van der Waals surface area contributed by atoms with Gasteiger partial charge in [0, 0.05) is 18.2 Å². The normalized spacial score (nSPS) is 19.7. The SMILES string of the molecule is CC(C)n1c(Nc2ccc(F)cc2F)nc2cnc(N[C@H]3CC[C@H](O)CC3)nc21. The van der Waals surface area contributed by atoms with E-state index in [1.165, 1.54) is 12.1 Å². The number of aromatic nitrogens is 4. The third kappa shape index (κ3) is 4.14. The minimum absolute atomic E-state index is 0.00131. The average Bonchev–Trinajstić information content (AvgIpc) is 3.03. The first-order valence-electron chi connectivity index (χ1n) is 9.82. The molecule has 3 aromatic rings. The van der Waals surface area contributed by atoms with Crippen molar-refractivity contribution in [3.63, 3.8) is 0 Å². The molecule has 0 amide bonds. The third-order valence-electron chi connectivity index (χ3n) is 5.16. The molecule has 1 aliphatic carbocycles. The zero-order valence-corrected chi connectivity index (χ0v) is 16.4. The van der Waals surface area contributed by atoms with Gasteiger partial charge in [-0.1, -0.05) is 0 Å². The number of rotatable bonds is 5. The molecule has 0 bridgehead atoms. The Kier molecular flexibility index (Phi) is 5.31. The fraction of sp³-hybridized carbons (Fsp3) is 0.450. The molecule has 0 saturated heterocycles. The zero-order chi connectivity index (χ0) is 20.5. The second kappa shape index (κ2) is 7.90. The summed E-state index contributed by atoms with van der Waals surface area (Å²) in [7, 11) is 0. The van der Waals surface area contributed by atoms with Gasteiger partial charge in [-0.2, -0.15) is 4.98 Å². The molecule has 2 aromatic heterocycles. The number of aliphatic hydroxyl groups excluding tert-OH is 1. The highest BCUT2D eigenvalue weighted by Gasteiger charge is 2.21. The zero-order valence-electron chi connectivity index (χ0n) is 16.4. The van der Waals surface area contributed by atoms with E-state index in [1.807, 2.05) is 18.4 Å². The van der Waals surface area contributed by atoms with E-state index >= 15 is 0 Å². The molecular weight excluding hydrogens is 378 g/mol. The number of nitrogens with one attached hydrogen (secondary N) is 2. The smallest absolute Gasteiger partial charge is 0.224 e. The molecule has 0 aliphatic heterocycles. The lowest BCUT2D eigenvalue weighted by Gasteiger charge is -2.26. The molecule has 154 valence electrons. The van der Waals surface area contributed by atoms with Crippen molar-refractivity contribution in [3.8, 4) is 0 Å². The van der Waals surface area contributed by atoms with Crippen molar-refractivity contribution in [3.05, 3.63) is 36.0 Å². The van der Waals surface area contributed by atoms with E-state index in [-0.39, 0.29) is 23.9 Å². The van der Waals surface area contributed by atoms with Crippen molar-refractivity contribution in [1.29, 1.82) is 0 Å². The lowest BCUT2D eigenvalue weighted by molar-refractivity contribution is 0.126. The van der Waals surface area contributed by atoms with Crippen LogP contribution in [-0.4, -0.2) is 36.8 Å². The van der Waals surface area contributed by atoms with Crippen LogP contribution in [0.3, 0.4) is 0 Å². The number of halogens is 2. The maximum atomic E-state index is 14.1. The Balaban J connectivity index is 1.64. The standard InChI is InChI=1S/C20H24F2N6O/c1-11(2)28-18-17(26-20(28)25-16-8-3-12(21)9-15(16)22)10-23-19(27-18)24-13-4-6-14(29)7-5-13/h3,8-11,13-14,29H,4-7H2,1-2H3,(H,25,26)(H,23,24,27)/t13-,14-. The lowest BCUT2D eigenvalue weighted by Crippen LogP contribution is -2.28. The van der Waals surface area contributed by atoms with Gasteiger partial charge in [-0.25, -0.2) is 18.7 Å². The van der Waals surface area contributed by atoms with Gasteiger partial charge in [0.1, 0.15) is 17.2 Å². The molecule has 1 aromatic carbocycles. The Morgan fingerprint density at radius 3 is 2.59 bits per heavy atom. The van der Waals surface area contributed by atoms with E-state index in [0.717, 1.165) is 31.7 Å². The first-order chi connectivity index (χ1) is 13.9. The van der Waals surface area contributed by atoms with Crippen molar-refractivity contribution >= 4 is 28.7 Å². The topological polar surface area (TPSA) is 87.9 Å². The molecule has 0 unspecified atom stereocenters. The van der Waals surface area contributed by atoms with Crippen molar-refractivity contribution in [2.45, 2.75) is 57.7 Å². The van der Waals surface area contributed by atoms with Gasteiger partial charge < -0.3 is 15.7 Å². The summed E-state index contributed by atoms with van der Waals surface area (Å²) in [5.74, 6) is -0.421. The molecule has 3 N–H and O–H groups in total. The van der Waals surface area contributed by atoms with Crippen LogP contribution in [0.4, 0.5) is 26.4 Å². The highest BCUT2D eigenvalue weighted by Crippen LogP contribution is 2.28. The molecule has 1 aliphatic rings. The minimum atomic E-state index is -0.694. The summed E-state index contributed by atoms with van der Waals surface area (Å²) in [6.07, 6.45) is 4.67. The first-order valence-corrected chi connectivity index (χ1v) is 9.82. The van der Waals surface area contributed by atoms with Crippen molar-refractivity contribution in [1.82, 2.24) is 19.5 Å². The molecule has 4 rings (SSSR count). The summed E-state index contributed by atoms with van der Waals surface area (Å²) in [5, 5.41) is 15.9. The van der Waals surface area contributed by atoms with E-state index in [9.17, 15) is 13.9 Å². The van der Waals surface area contributed by atoms with Crippen LogP contribution in [-0.2, 0) is 0 Å². The van der Waals surface area contributed by atoms with Gasteiger partial charge in [0.2, 0.25) is 11.9 Å². The van der Waals surface area contributed by atoms with E-state index in [2.05, 4.69) is 25.6 Å². The summed E-state index contributed by atoms with van der Waals surface area (Å²) in [6.45, 7) is 3.95. The minimum Gasteiger partial charge on any atom is -0.393 e. The second-order valence-electron chi connectivity index (χ2n) is 7.70. The van der Waals surface area contributed by atoms with Crippen LogP contribution in [0, 0.1) is 11.6 Å². The molecule has 2 heterocycles. The number of aliphatic hydroxyl groups is 1. The highest BCUT2D eigenvalue weighted by molar-refractivity contribution is 5.76. The van der Waals surface area contributed by atoms with Gasteiger partial charge in [0.25, 0.3) is 0 Å². The van der Waals surface area contributed by atoms with Crippen LogP contribution in [0.5, 0.6) is 0 Å². The van der Waals surface area contributed by atoms with Crippen molar-refractivity contribution in [2.24, 2.45) is 0 Å². The Labute approximate surface area is 167 Å². The highest BCUT2D eigenvalue weighted by atomic mass is 19.1. The van der Waals surface area contributed by atoms with E-state index in [0.29, 0.717) is 23.1 Å². The number of imidazole rings is 1. The monoisotopic (exact) mass is 402 g/mol. The molecule has 29 heavy (non-hydrogen) atoms. The summed E-state index contributed by atoms with van der Waals surface area (Å²) in [6, 6.07) is 3.57. The maximum Gasteiger partial charge on any atom is 0.224 e. The molecule has 0 atom stereocenters. The molecule has 0 radical (unpaired) electrons. The summed E-state index contributed by atoms with van der Waals surface area (Å²) >= 11 is 0. The Morgan fingerprint density at radius 2 is 1.90 bits per heavy atom. The lowest BCUT2D eigenvalue weighted by atomic mass is 9.93. The fourth-order valence-corrected chi connectivity index (χ4v) is 3.65. The average molecular weight is 402 g/mol. The third-order valence-corrected chi connectivity index (χ3v) is 5.16. The van der Waals surface area contributed by atoms with Gasteiger partial charge in [-0.15, -0.1) is 0 Å². The van der Waals surface area contributed by atoms with Crippen LogP contribution in [0.2, 0.25) is 0 Å². The van der Waals surface area contributed by atoms with Crippen LogP contribution >= 0.6 is 0 Å². The number of anilines is 3. The fourth-order valence-electron chi connectivity index (χ4n) is 3.65.